The number of aromatic nitrogens is 2. The fourth-order valence-corrected chi connectivity index (χ4v) is 4.08. The number of hydrogen-bond acceptors (Lipinski definition) is 2. The Morgan fingerprint density at radius 2 is 2.10 bits per heavy atom. The van der Waals surface area contributed by atoms with Gasteiger partial charge in [-0.05, 0) is 35.6 Å². The summed E-state index contributed by atoms with van der Waals surface area (Å²) in [7, 11) is 0. The Balaban J connectivity index is 2.27. The van der Waals surface area contributed by atoms with Crippen LogP contribution in [0.2, 0.25) is 5.02 Å². The Morgan fingerprint density at radius 1 is 1.29 bits per heavy atom. The fourth-order valence-electron chi connectivity index (χ4n) is 2.73. The van der Waals surface area contributed by atoms with E-state index in [9.17, 15) is 0 Å². The van der Waals surface area contributed by atoms with Crippen LogP contribution in [0.3, 0.4) is 0 Å². The maximum Gasteiger partial charge on any atom is 0.125 e. The molecule has 0 radical (unpaired) electrons. The SMILES string of the molecule is CC(C)C(c1cccs1)n1c(CCl)nc2ccc(Cl)cc21. The van der Waals surface area contributed by atoms with Crippen LogP contribution in [0.4, 0.5) is 0 Å². The van der Waals surface area contributed by atoms with E-state index in [1.807, 2.05) is 18.2 Å². The molecule has 0 aliphatic heterocycles. The Labute approximate surface area is 138 Å². The van der Waals surface area contributed by atoms with Gasteiger partial charge in [0.1, 0.15) is 5.82 Å². The van der Waals surface area contributed by atoms with Gasteiger partial charge < -0.3 is 4.57 Å². The average Bonchev–Trinajstić information content (AvgIpc) is 3.07. The zero-order valence-electron chi connectivity index (χ0n) is 11.9. The summed E-state index contributed by atoms with van der Waals surface area (Å²) in [6.07, 6.45) is 0. The van der Waals surface area contributed by atoms with Crippen LogP contribution < -0.4 is 0 Å². The van der Waals surface area contributed by atoms with Gasteiger partial charge in [0.15, 0.2) is 0 Å². The maximum atomic E-state index is 6.18. The Hall–Kier alpha value is -1.03. The van der Waals surface area contributed by atoms with Crippen LogP contribution in [0.25, 0.3) is 11.0 Å². The second-order valence-electron chi connectivity index (χ2n) is 5.37. The second kappa shape index (κ2) is 5.99. The number of halogens is 2. The summed E-state index contributed by atoms with van der Waals surface area (Å²) in [6, 6.07) is 10.3. The van der Waals surface area contributed by atoms with Gasteiger partial charge in [0, 0.05) is 9.90 Å². The van der Waals surface area contributed by atoms with E-state index in [1.54, 1.807) is 11.3 Å². The molecule has 1 aromatic carbocycles. The van der Waals surface area contributed by atoms with Crippen molar-refractivity contribution in [1.29, 1.82) is 0 Å². The molecule has 0 fully saturated rings. The Bertz CT molecular complexity index is 747. The summed E-state index contributed by atoms with van der Waals surface area (Å²) in [4.78, 5) is 5.98. The number of alkyl halides is 1. The van der Waals surface area contributed by atoms with Gasteiger partial charge in [0.2, 0.25) is 0 Å². The lowest BCUT2D eigenvalue weighted by Crippen LogP contribution is -2.17. The van der Waals surface area contributed by atoms with E-state index in [2.05, 4.69) is 40.9 Å². The maximum absolute atomic E-state index is 6.18. The second-order valence-corrected chi connectivity index (χ2v) is 7.05. The smallest absolute Gasteiger partial charge is 0.125 e. The summed E-state index contributed by atoms with van der Waals surface area (Å²) in [5.41, 5.74) is 1.99. The molecule has 0 saturated heterocycles. The molecule has 0 amide bonds. The topological polar surface area (TPSA) is 17.8 Å². The number of hydrogen-bond donors (Lipinski definition) is 0. The lowest BCUT2D eigenvalue weighted by molar-refractivity contribution is 0.444. The normalized spacial score (nSPS) is 13.2. The van der Waals surface area contributed by atoms with Crippen molar-refractivity contribution >= 4 is 45.6 Å². The first-order valence-electron chi connectivity index (χ1n) is 6.87. The molecule has 0 saturated carbocycles. The van der Waals surface area contributed by atoms with Gasteiger partial charge in [-0.2, -0.15) is 0 Å². The molecule has 2 heterocycles. The highest BCUT2D eigenvalue weighted by atomic mass is 35.5. The van der Waals surface area contributed by atoms with Crippen molar-refractivity contribution in [2.45, 2.75) is 25.8 Å². The molecular formula is C16H16Cl2N2S. The molecule has 2 nitrogen and oxygen atoms in total. The van der Waals surface area contributed by atoms with Crippen LogP contribution in [0, 0.1) is 5.92 Å². The number of imidazole rings is 1. The van der Waals surface area contributed by atoms with E-state index in [0.717, 1.165) is 21.9 Å². The molecule has 1 atom stereocenters. The van der Waals surface area contributed by atoms with E-state index >= 15 is 0 Å². The van der Waals surface area contributed by atoms with Gasteiger partial charge in [-0.1, -0.05) is 31.5 Å². The lowest BCUT2D eigenvalue weighted by atomic mass is 10.0. The zero-order chi connectivity index (χ0) is 15.0. The van der Waals surface area contributed by atoms with Crippen molar-refractivity contribution < 1.29 is 0 Å². The van der Waals surface area contributed by atoms with Crippen molar-refractivity contribution in [2.24, 2.45) is 5.92 Å². The third kappa shape index (κ3) is 2.70. The van der Waals surface area contributed by atoms with Gasteiger partial charge >= 0.3 is 0 Å². The van der Waals surface area contributed by atoms with Crippen molar-refractivity contribution in [3.63, 3.8) is 0 Å². The number of nitrogens with zero attached hydrogens (tertiary/aromatic N) is 2. The largest absolute Gasteiger partial charge is 0.318 e. The molecule has 5 heteroatoms. The molecule has 3 aromatic rings. The molecule has 0 aliphatic rings. The molecule has 0 aliphatic carbocycles. The van der Waals surface area contributed by atoms with E-state index in [4.69, 9.17) is 23.2 Å². The first-order chi connectivity index (χ1) is 10.1. The monoisotopic (exact) mass is 338 g/mol. The van der Waals surface area contributed by atoms with Gasteiger partial charge in [0.05, 0.1) is 23.0 Å². The van der Waals surface area contributed by atoms with Crippen LogP contribution >= 0.6 is 34.5 Å². The van der Waals surface area contributed by atoms with Crippen LogP contribution in [-0.4, -0.2) is 9.55 Å². The van der Waals surface area contributed by atoms with Crippen LogP contribution in [0.1, 0.15) is 30.6 Å². The van der Waals surface area contributed by atoms with E-state index < -0.39 is 0 Å². The summed E-state index contributed by atoms with van der Waals surface area (Å²) >= 11 is 14.1. The van der Waals surface area contributed by atoms with E-state index in [1.165, 1.54) is 4.88 Å². The summed E-state index contributed by atoms with van der Waals surface area (Å²) < 4.78 is 2.24. The third-order valence-corrected chi connectivity index (χ3v) is 5.01. The summed E-state index contributed by atoms with van der Waals surface area (Å²) in [6.45, 7) is 4.44. The minimum absolute atomic E-state index is 0.224. The number of benzene rings is 1. The molecule has 0 spiro atoms. The van der Waals surface area contributed by atoms with E-state index in [0.29, 0.717) is 11.8 Å². The van der Waals surface area contributed by atoms with Gasteiger partial charge in [0.25, 0.3) is 0 Å². The molecule has 21 heavy (non-hydrogen) atoms. The lowest BCUT2D eigenvalue weighted by Gasteiger charge is -2.24. The van der Waals surface area contributed by atoms with Gasteiger partial charge in [-0.25, -0.2) is 4.98 Å². The molecule has 2 aromatic heterocycles. The van der Waals surface area contributed by atoms with Crippen molar-refractivity contribution in [1.82, 2.24) is 9.55 Å². The Kier molecular flexibility index (Phi) is 4.25. The van der Waals surface area contributed by atoms with Crippen LogP contribution in [0.15, 0.2) is 35.7 Å². The molecule has 110 valence electrons. The molecule has 0 N–H and O–H groups in total. The van der Waals surface area contributed by atoms with Crippen LogP contribution in [0.5, 0.6) is 0 Å². The fraction of sp³-hybridized carbons (Fsp3) is 0.312. The van der Waals surface area contributed by atoms with Crippen molar-refractivity contribution in [3.8, 4) is 0 Å². The predicted octanol–water partition coefficient (Wildman–Crippen LogP) is 5.74. The first-order valence-corrected chi connectivity index (χ1v) is 8.66. The highest BCUT2D eigenvalue weighted by molar-refractivity contribution is 7.10. The number of fused-ring (bicyclic) bond motifs is 1. The molecule has 1 unspecified atom stereocenters. The minimum atomic E-state index is 0.224. The molecule has 3 rings (SSSR count). The van der Waals surface area contributed by atoms with Crippen LogP contribution in [-0.2, 0) is 5.88 Å². The zero-order valence-corrected chi connectivity index (χ0v) is 14.2. The molecule has 0 bridgehead atoms. The van der Waals surface area contributed by atoms with Gasteiger partial charge in [-0.15, -0.1) is 22.9 Å². The number of rotatable bonds is 4. The number of thiophene rings is 1. The Morgan fingerprint density at radius 3 is 2.71 bits per heavy atom. The highest BCUT2D eigenvalue weighted by Crippen LogP contribution is 2.35. The average molecular weight is 339 g/mol. The predicted molar refractivity (Wildman–Crippen MR) is 91.6 cm³/mol. The highest BCUT2D eigenvalue weighted by Gasteiger charge is 2.24. The third-order valence-electron chi connectivity index (χ3n) is 3.59. The van der Waals surface area contributed by atoms with Crippen molar-refractivity contribution in [3.05, 3.63) is 51.4 Å². The van der Waals surface area contributed by atoms with E-state index in [-0.39, 0.29) is 6.04 Å². The quantitative estimate of drug-likeness (QED) is 0.555. The van der Waals surface area contributed by atoms with Crippen molar-refractivity contribution in [2.75, 3.05) is 0 Å². The summed E-state index contributed by atoms with van der Waals surface area (Å²) in [5, 5.41) is 2.83. The van der Waals surface area contributed by atoms with Gasteiger partial charge in [-0.3, -0.25) is 0 Å². The standard InChI is InChI=1S/C16H16Cl2N2S/c1-10(2)16(14-4-3-7-21-14)20-13-8-11(18)5-6-12(13)19-15(20)9-17/h3-8,10,16H,9H2,1-2H3. The minimum Gasteiger partial charge on any atom is -0.318 e. The first kappa shape index (κ1) is 14.9. The molecular weight excluding hydrogens is 323 g/mol. The summed E-state index contributed by atoms with van der Waals surface area (Å²) in [5.74, 6) is 1.71.